The fourth-order valence-corrected chi connectivity index (χ4v) is 4.24. The maximum Gasteiger partial charge on any atom is 0.241 e. The van der Waals surface area contributed by atoms with Crippen molar-refractivity contribution >= 4 is 15.7 Å². The van der Waals surface area contributed by atoms with Gasteiger partial charge in [0.25, 0.3) is 0 Å². The molecule has 0 radical (unpaired) electrons. The fourth-order valence-electron chi connectivity index (χ4n) is 2.77. The molecule has 0 bridgehead atoms. The van der Waals surface area contributed by atoms with Crippen molar-refractivity contribution in [1.82, 2.24) is 4.72 Å². The summed E-state index contributed by atoms with van der Waals surface area (Å²) >= 11 is 0. The van der Waals surface area contributed by atoms with E-state index in [9.17, 15) is 8.42 Å². The lowest BCUT2D eigenvalue weighted by molar-refractivity contribution is 0.294. The second-order valence-electron chi connectivity index (χ2n) is 5.78. The maximum absolute atomic E-state index is 12.4. The molecular formula is C15H24N2O2S. The molecule has 1 aliphatic rings. The van der Waals surface area contributed by atoms with Crippen LogP contribution in [0.4, 0.5) is 5.69 Å². The third-order valence-electron chi connectivity index (χ3n) is 3.88. The average molecular weight is 296 g/mol. The van der Waals surface area contributed by atoms with Crippen LogP contribution < -0.4 is 10.0 Å². The number of anilines is 1. The van der Waals surface area contributed by atoms with E-state index in [1.54, 1.807) is 24.3 Å². The molecule has 0 aliphatic heterocycles. The lowest BCUT2D eigenvalue weighted by Gasteiger charge is -2.34. The third-order valence-corrected chi connectivity index (χ3v) is 5.54. The zero-order valence-corrected chi connectivity index (χ0v) is 13.1. The lowest BCUT2D eigenvalue weighted by Crippen LogP contribution is -2.47. The molecule has 0 atom stereocenters. The van der Waals surface area contributed by atoms with E-state index in [-0.39, 0.29) is 5.54 Å². The second kappa shape index (κ2) is 6.14. The Morgan fingerprint density at radius 3 is 2.25 bits per heavy atom. The van der Waals surface area contributed by atoms with Crippen molar-refractivity contribution in [3.8, 4) is 0 Å². The minimum absolute atomic E-state index is 0.294. The van der Waals surface area contributed by atoms with Gasteiger partial charge >= 0.3 is 0 Å². The van der Waals surface area contributed by atoms with Gasteiger partial charge in [0.15, 0.2) is 0 Å². The van der Waals surface area contributed by atoms with Crippen LogP contribution in [0.15, 0.2) is 29.2 Å². The van der Waals surface area contributed by atoms with E-state index in [1.165, 1.54) is 6.42 Å². The molecule has 1 saturated carbocycles. The quantitative estimate of drug-likeness (QED) is 0.877. The van der Waals surface area contributed by atoms with Gasteiger partial charge < -0.3 is 5.32 Å². The molecule has 0 saturated heterocycles. The molecule has 0 spiro atoms. The van der Waals surface area contributed by atoms with Crippen molar-refractivity contribution in [2.75, 3.05) is 11.9 Å². The highest BCUT2D eigenvalue weighted by atomic mass is 32.2. The van der Waals surface area contributed by atoms with E-state index in [4.69, 9.17) is 0 Å². The molecule has 1 aliphatic carbocycles. The van der Waals surface area contributed by atoms with Gasteiger partial charge in [-0.15, -0.1) is 0 Å². The number of benzene rings is 1. The van der Waals surface area contributed by atoms with Gasteiger partial charge in [0.05, 0.1) is 4.90 Å². The van der Waals surface area contributed by atoms with Crippen LogP contribution in [0.5, 0.6) is 0 Å². The Kier molecular flexibility index (Phi) is 4.70. The summed E-state index contributed by atoms with van der Waals surface area (Å²) in [5.41, 5.74) is 0.646. The molecule has 0 amide bonds. The zero-order chi connectivity index (χ0) is 14.6. The summed E-state index contributed by atoms with van der Waals surface area (Å²) in [6, 6.07) is 6.93. The zero-order valence-electron chi connectivity index (χ0n) is 12.3. The van der Waals surface area contributed by atoms with Crippen LogP contribution in [0.2, 0.25) is 0 Å². The molecule has 0 aromatic heterocycles. The van der Waals surface area contributed by atoms with E-state index < -0.39 is 10.0 Å². The molecule has 20 heavy (non-hydrogen) atoms. The maximum atomic E-state index is 12.4. The summed E-state index contributed by atoms with van der Waals surface area (Å²) in [6.07, 6.45) is 5.23. The Hall–Kier alpha value is -1.07. The first kappa shape index (κ1) is 15.3. The molecular weight excluding hydrogens is 272 g/mol. The molecule has 1 aromatic carbocycles. The minimum Gasteiger partial charge on any atom is -0.385 e. The number of hydrogen-bond donors (Lipinski definition) is 2. The second-order valence-corrected chi connectivity index (χ2v) is 7.46. The molecule has 0 unspecified atom stereocenters. The van der Waals surface area contributed by atoms with E-state index in [2.05, 4.69) is 10.0 Å². The predicted molar refractivity (Wildman–Crippen MR) is 82.4 cm³/mol. The van der Waals surface area contributed by atoms with Gasteiger partial charge in [-0.05, 0) is 51.0 Å². The van der Waals surface area contributed by atoms with Gasteiger partial charge in [0, 0.05) is 17.8 Å². The first-order valence-corrected chi connectivity index (χ1v) is 8.81. The van der Waals surface area contributed by atoms with Crippen LogP contribution in [0.1, 0.15) is 46.0 Å². The van der Waals surface area contributed by atoms with Gasteiger partial charge in [-0.25, -0.2) is 13.1 Å². The number of nitrogens with one attached hydrogen (secondary N) is 2. The topological polar surface area (TPSA) is 58.2 Å². The Morgan fingerprint density at radius 1 is 1.10 bits per heavy atom. The van der Waals surface area contributed by atoms with Crippen LogP contribution >= 0.6 is 0 Å². The van der Waals surface area contributed by atoms with E-state index in [1.807, 2.05) is 13.8 Å². The van der Waals surface area contributed by atoms with Gasteiger partial charge in [-0.2, -0.15) is 0 Å². The van der Waals surface area contributed by atoms with E-state index in [0.29, 0.717) is 4.90 Å². The highest BCUT2D eigenvalue weighted by Gasteiger charge is 2.31. The molecule has 1 fully saturated rings. The smallest absolute Gasteiger partial charge is 0.241 e. The molecule has 5 heteroatoms. The number of rotatable bonds is 5. The Morgan fingerprint density at radius 2 is 1.70 bits per heavy atom. The van der Waals surface area contributed by atoms with Crippen molar-refractivity contribution in [2.24, 2.45) is 0 Å². The largest absolute Gasteiger partial charge is 0.385 e. The summed E-state index contributed by atoms with van der Waals surface area (Å²) in [4.78, 5) is 0.339. The highest BCUT2D eigenvalue weighted by Crippen LogP contribution is 2.29. The van der Waals surface area contributed by atoms with Gasteiger partial charge in [-0.1, -0.05) is 19.3 Å². The minimum atomic E-state index is -3.43. The predicted octanol–water partition coefficient (Wildman–Crippen LogP) is 3.12. The van der Waals surface area contributed by atoms with E-state index in [0.717, 1.165) is 37.9 Å². The average Bonchev–Trinajstić information content (AvgIpc) is 2.39. The van der Waals surface area contributed by atoms with Crippen LogP contribution in [0.25, 0.3) is 0 Å². The van der Waals surface area contributed by atoms with Crippen molar-refractivity contribution < 1.29 is 8.42 Å². The molecule has 2 rings (SSSR count). The van der Waals surface area contributed by atoms with Gasteiger partial charge in [0.1, 0.15) is 0 Å². The molecule has 0 heterocycles. The molecule has 4 nitrogen and oxygen atoms in total. The standard InChI is InChI=1S/C15H24N2O2S/c1-3-16-13-7-9-14(10-8-13)20(18,19)17-15(2)11-5-4-6-12-15/h7-10,16-17H,3-6,11-12H2,1-2H3. The first-order valence-electron chi connectivity index (χ1n) is 7.33. The monoisotopic (exact) mass is 296 g/mol. The molecule has 2 N–H and O–H groups in total. The summed E-state index contributed by atoms with van der Waals surface area (Å²) in [5, 5.41) is 3.16. The van der Waals surface area contributed by atoms with Crippen molar-refractivity contribution in [1.29, 1.82) is 0 Å². The number of hydrogen-bond acceptors (Lipinski definition) is 3. The SMILES string of the molecule is CCNc1ccc(S(=O)(=O)NC2(C)CCCCC2)cc1. The Bertz CT molecular complexity index is 531. The normalized spacial score (nSPS) is 18.7. The number of sulfonamides is 1. The van der Waals surface area contributed by atoms with Crippen LogP contribution in [0.3, 0.4) is 0 Å². The van der Waals surface area contributed by atoms with Crippen LogP contribution in [-0.4, -0.2) is 20.5 Å². The lowest BCUT2D eigenvalue weighted by atomic mass is 9.84. The van der Waals surface area contributed by atoms with Crippen LogP contribution in [-0.2, 0) is 10.0 Å². The van der Waals surface area contributed by atoms with Crippen molar-refractivity contribution in [3.63, 3.8) is 0 Å². The third kappa shape index (κ3) is 3.73. The van der Waals surface area contributed by atoms with Crippen molar-refractivity contribution in [3.05, 3.63) is 24.3 Å². The summed E-state index contributed by atoms with van der Waals surface area (Å²) < 4.78 is 27.8. The van der Waals surface area contributed by atoms with E-state index >= 15 is 0 Å². The van der Waals surface area contributed by atoms with Gasteiger partial charge in [-0.3, -0.25) is 0 Å². The van der Waals surface area contributed by atoms with Crippen LogP contribution in [0, 0.1) is 0 Å². The molecule has 1 aromatic rings. The summed E-state index contributed by atoms with van der Waals surface area (Å²) in [7, 11) is -3.43. The Labute approximate surface area is 122 Å². The fraction of sp³-hybridized carbons (Fsp3) is 0.600. The molecule has 112 valence electrons. The first-order chi connectivity index (χ1) is 9.45. The van der Waals surface area contributed by atoms with Crippen molar-refractivity contribution in [2.45, 2.75) is 56.4 Å². The van der Waals surface area contributed by atoms with Gasteiger partial charge in [0.2, 0.25) is 10.0 Å². The Balaban J connectivity index is 2.13. The summed E-state index contributed by atoms with van der Waals surface area (Å²) in [6.45, 7) is 4.84. The summed E-state index contributed by atoms with van der Waals surface area (Å²) in [5.74, 6) is 0. The highest BCUT2D eigenvalue weighted by molar-refractivity contribution is 7.89.